The molecule has 2 N–H and O–H groups in total. The van der Waals surface area contributed by atoms with Crippen molar-refractivity contribution < 1.29 is 14.3 Å². The fourth-order valence-corrected chi connectivity index (χ4v) is 2.81. The van der Waals surface area contributed by atoms with Crippen LogP contribution in [-0.4, -0.2) is 38.1 Å². The standard InChI is InChI=1S/C22H28N2O3/c1-4-24(14-8-11-17-9-6-5-7-10-17)22(25)16-19(23)18-12-13-20(26-2)21(15-18)27-3/h5-13,15,19H,4,14,16,23H2,1-3H3/b11-8+/t19-/m1/s1. The third-order valence-electron chi connectivity index (χ3n) is 4.40. The zero-order chi connectivity index (χ0) is 19.6. The van der Waals surface area contributed by atoms with Crippen LogP contribution in [0.3, 0.4) is 0 Å². The number of likely N-dealkylation sites (N-methyl/N-ethyl adjacent to an activating group) is 1. The number of carbonyl (C=O) groups excluding carboxylic acids is 1. The lowest BCUT2D eigenvalue weighted by atomic mass is 10.0. The van der Waals surface area contributed by atoms with Gasteiger partial charge in [0.15, 0.2) is 11.5 Å². The number of ether oxygens (including phenoxy) is 2. The number of nitrogens with two attached hydrogens (primary N) is 1. The van der Waals surface area contributed by atoms with E-state index in [1.54, 1.807) is 25.2 Å². The Kier molecular flexibility index (Phi) is 7.89. The number of hydrogen-bond donors (Lipinski definition) is 1. The molecule has 1 atom stereocenters. The van der Waals surface area contributed by atoms with Crippen molar-refractivity contribution in [3.63, 3.8) is 0 Å². The van der Waals surface area contributed by atoms with Crippen molar-refractivity contribution in [3.8, 4) is 11.5 Å². The lowest BCUT2D eigenvalue weighted by Crippen LogP contribution is -2.33. The van der Waals surface area contributed by atoms with E-state index in [1.807, 2.05) is 61.5 Å². The summed E-state index contributed by atoms with van der Waals surface area (Å²) in [5.41, 5.74) is 8.22. The fraction of sp³-hybridized carbons (Fsp3) is 0.318. The smallest absolute Gasteiger partial charge is 0.224 e. The van der Waals surface area contributed by atoms with Gasteiger partial charge in [0.05, 0.1) is 14.2 Å². The van der Waals surface area contributed by atoms with Gasteiger partial charge < -0.3 is 20.1 Å². The highest BCUT2D eigenvalue weighted by molar-refractivity contribution is 5.77. The van der Waals surface area contributed by atoms with Gasteiger partial charge in [-0.2, -0.15) is 0 Å². The molecular formula is C22H28N2O3. The van der Waals surface area contributed by atoms with E-state index in [-0.39, 0.29) is 12.3 Å². The average Bonchev–Trinajstić information content (AvgIpc) is 2.71. The van der Waals surface area contributed by atoms with E-state index >= 15 is 0 Å². The number of hydrogen-bond acceptors (Lipinski definition) is 4. The first-order valence-electron chi connectivity index (χ1n) is 9.05. The van der Waals surface area contributed by atoms with Gasteiger partial charge in [0, 0.05) is 25.6 Å². The summed E-state index contributed by atoms with van der Waals surface area (Å²) in [5, 5.41) is 0. The molecule has 144 valence electrons. The van der Waals surface area contributed by atoms with Gasteiger partial charge >= 0.3 is 0 Å². The third kappa shape index (κ3) is 5.86. The third-order valence-corrected chi connectivity index (χ3v) is 4.40. The van der Waals surface area contributed by atoms with Crippen molar-refractivity contribution >= 4 is 12.0 Å². The maximum Gasteiger partial charge on any atom is 0.224 e. The summed E-state index contributed by atoms with van der Waals surface area (Å²) >= 11 is 0. The number of nitrogens with zero attached hydrogens (tertiary/aromatic N) is 1. The van der Waals surface area contributed by atoms with Gasteiger partial charge in [-0.15, -0.1) is 0 Å². The van der Waals surface area contributed by atoms with Crippen LogP contribution in [0.2, 0.25) is 0 Å². The molecule has 2 aromatic rings. The molecular weight excluding hydrogens is 340 g/mol. The Bertz CT molecular complexity index is 759. The summed E-state index contributed by atoms with van der Waals surface area (Å²) in [6.45, 7) is 3.16. The van der Waals surface area contributed by atoms with Gasteiger partial charge in [0.25, 0.3) is 0 Å². The zero-order valence-corrected chi connectivity index (χ0v) is 16.2. The van der Waals surface area contributed by atoms with Crippen LogP contribution in [0.4, 0.5) is 0 Å². The molecule has 0 unspecified atom stereocenters. The Labute approximate surface area is 161 Å². The minimum absolute atomic E-state index is 0.0255. The maximum absolute atomic E-state index is 12.6. The molecule has 2 rings (SSSR count). The van der Waals surface area contributed by atoms with Gasteiger partial charge in [0.2, 0.25) is 5.91 Å². The van der Waals surface area contributed by atoms with E-state index in [4.69, 9.17) is 15.2 Å². The molecule has 27 heavy (non-hydrogen) atoms. The number of rotatable bonds is 9. The number of carbonyl (C=O) groups is 1. The number of methoxy groups -OCH3 is 2. The Morgan fingerprint density at radius 1 is 1.11 bits per heavy atom. The summed E-state index contributed by atoms with van der Waals surface area (Å²) in [4.78, 5) is 14.4. The van der Waals surface area contributed by atoms with Crippen LogP contribution in [-0.2, 0) is 4.79 Å². The maximum atomic E-state index is 12.6. The molecule has 0 radical (unpaired) electrons. The van der Waals surface area contributed by atoms with Gasteiger partial charge in [-0.05, 0) is 30.2 Å². The lowest BCUT2D eigenvalue weighted by molar-refractivity contribution is -0.130. The van der Waals surface area contributed by atoms with E-state index in [9.17, 15) is 4.79 Å². The molecule has 0 saturated heterocycles. The SMILES string of the molecule is CCN(C/C=C/c1ccccc1)C(=O)C[C@@H](N)c1ccc(OC)c(OC)c1. The van der Waals surface area contributed by atoms with E-state index in [1.165, 1.54) is 0 Å². The summed E-state index contributed by atoms with van der Waals surface area (Å²) < 4.78 is 10.6. The van der Waals surface area contributed by atoms with Gasteiger partial charge in [-0.25, -0.2) is 0 Å². The van der Waals surface area contributed by atoms with Gasteiger partial charge in [0.1, 0.15) is 0 Å². The van der Waals surface area contributed by atoms with Crippen molar-refractivity contribution in [1.29, 1.82) is 0 Å². The second-order valence-electron chi connectivity index (χ2n) is 6.17. The minimum Gasteiger partial charge on any atom is -0.493 e. The molecule has 2 aromatic carbocycles. The number of benzene rings is 2. The van der Waals surface area contributed by atoms with E-state index < -0.39 is 6.04 Å². The largest absolute Gasteiger partial charge is 0.493 e. The van der Waals surface area contributed by atoms with E-state index in [2.05, 4.69) is 0 Å². The van der Waals surface area contributed by atoms with Crippen molar-refractivity contribution in [2.75, 3.05) is 27.3 Å². The first-order valence-corrected chi connectivity index (χ1v) is 9.05. The Balaban J connectivity index is 1.98. The molecule has 0 spiro atoms. The first-order chi connectivity index (χ1) is 13.1. The van der Waals surface area contributed by atoms with Crippen LogP contribution in [0.5, 0.6) is 11.5 Å². The molecule has 0 aliphatic heterocycles. The average molecular weight is 368 g/mol. The number of amides is 1. The van der Waals surface area contributed by atoms with Crippen molar-refractivity contribution in [1.82, 2.24) is 4.90 Å². The molecule has 0 aromatic heterocycles. The van der Waals surface area contributed by atoms with Crippen LogP contribution in [0.1, 0.15) is 30.5 Å². The van der Waals surface area contributed by atoms with Gasteiger partial charge in [-0.1, -0.05) is 48.6 Å². The summed E-state index contributed by atoms with van der Waals surface area (Å²) in [7, 11) is 3.17. The molecule has 5 heteroatoms. The minimum atomic E-state index is -0.399. The Morgan fingerprint density at radius 2 is 1.81 bits per heavy atom. The first kappa shape index (κ1) is 20.5. The van der Waals surface area contributed by atoms with Gasteiger partial charge in [-0.3, -0.25) is 4.79 Å². The molecule has 1 amide bonds. The predicted octanol–water partition coefficient (Wildman–Crippen LogP) is 3.66. The normalized spacial score (nSPS) is 12.0. The van der Waals surface area contributed by atoms with Crippen molar-refractivity contribution in [2.24, 2.45) is 5.73 Å². The van der Waals surface area contributed by atoms with Crippen LogP contribution in [0, 0.1) is 0 Å². The summed E-state index contributed by atoms with van der Waals surface area (Å²) in [6.07, 6.45) is 4.26. The topological polar surface area (TPSA) is 64.8 Å². The van der Waals surface area contributed by atoms with Crippen molar-refractivity contribution in [3.05, 3.63) is 65.7 Å². The second-order valence-corrected chi connectivity index (χ2v) is 6.17. The highest BCUT2D eigenvalue weighted by atomic mass is 16.5. The second kappa shape index (κ2) is 10.4. The molecule has 0 fully saturated rings. The van der Waals surface area contributed by atoms with Crippen molar-refractivity contribution in [2.45, 2.75) is 19.4 Å². The molecule has 0 heterocycles. The highest BCUT2D eigenvalue weighted by Crippen LogP contribution is 2.30. The van der Waals surface area contributed by atoms with Crippen LogP contribution in [0.25, 0.3) is 6.08 Å². The summed E-state index contributed by atoms with van der Waals surface area (Å²) in [6, 6.07) is 15.1. The fourth-order valence-electron chi connectivity index (χ4n) is 2.81. The zero-order valence-electron chi connectivity index (χ0n) is 16.2. The van der Waals surface area contributed by atoms with E-state index in [0.29, 0.717) is 24.6 Å². The molecule has 5 nitrogen and oxygen atoms in total. The molecule has 0 aliphatic carbocycles. The van der Waals surface area contributed by atoms with Crippen LogP contribution >= 0.6 is 0 Å². The quantitative estimate of drug-likeness (QED) is 0.734. The molecule has 0 saturated carbocycles. The highest BCUT2D eigenvalue weighted by Gasteiger charge is 2.17. The molecule has 0 bridgehead atoms. The Hall–Kier alpha value is -2.79. The monoisotopic (exact) mass is 368 g/mol. The predicted molar refractivity (Wildman–Crippen MR) is 109 cm³/mol. The molecule has 0 aliphatic rings. The van der Waals surface area contributed by atoms with Crippen LogP contribution in [0.15, 0.2) is 54.6 Å². The van der Waals surface area contributed by atoms with Crippen LogP contribution < -0.4 is 15.2 Å². The van der Waals surface area contributed by atoms with E-state index in [0.717, 1.165) is 11.1 Å². The lowest BCUT2D eigenvalue weighted by Gasteiger charge is -2.22. The Morgan fingerprint density at radius 3 is 2.44 bits per heavy atom. The summed E-state index contributed by atoms with van der Waals surface area (Å²) in [5.74, 6) is 1.27.